The molecule has 2 heterocycles. The number of amides is 2. The molecule has 3 aliphatic rings. The summed E-state index contributed by atoms with van der Waals surface area (Å²) in [6.07, 6.45) is 3.28. The number of nitrogens with zero attached hydrogens (tertiary/aromatic N) is 1. The number of carboxylic acids is 2. The summed E-state index contributed by atoms with van der Waals surface area (Å²) >= 11 is 0.842. The average molecular weight is 1120 g/mol. The van der Waals surface area contributed by atoms with Gasteiger partial charge in [-0.3, -0.25) is 19.2 Å². The highest BCUT2D eigenvalue weighted by atomic mass is 32.2. The third-order valence-corrected chi connectivity index (χ3v) is 17.6. The number of H-pyrrole nitrogens is 1. The number of carboxylic acid groups (broad SMARTS) is 2. The Hall–Kier alpha value is -5.96. The molecule has 2 fully saturated rings. The van der Waals surface area contributed by atoms with Gasteiger partial charge in [0.25, 0.3) is 0 Å². The molecule has 0 bridgehead atoms. The lowest BCUT2D eigenvalue weighted by Gasteiger charge is -2.50. The van der Waals surface area contributed by atoms with Crippen LogP contribution in [0.25, 0.3) is 22.8 Å². The fourth-order valence-corrected chi connectivity index (χ4v) is 13.0. The van der Waals surface area contributed by atoms with E-state index in [0.717, 1.165) is 37.4 Å². The Morgan fingerprint density at radius 3 is 1.54 bits per heavy atom. The average Bonchev–Trinajstić information content (AvgIpc) is 4.10. The molecule has 2 amide bonds. The first-order valence-corrected chi connectivity index (χ1v) is 29.5. The molecule has 5 unspecified atom stereocenters. The first-order valence-electron chi connectivity index (χ1n) is 28.5. The van der Waals surface area contributed by atoms with Gasteiger partial charge in [0.1, 0.15) is 40.2 Å². The van der Waals surface area contributed by atoms with E-state index in [1.54, 1.807) is 26.8 Å². The number of esters is 2. The molecule has 436 valence electrons. The number of hydrogen-bond acceptors (Lipinski definition) is 10. The number of aromatic amines is 1. The van der Waals surface area contributed by atoms with Crippen LogP contribution in [0, 0.1) is 62.6 Å². The van der Waals surface area contributed by atoms with E-state index in [-0.39, 0.29) is 91.9 Å². The molecule has 0 saturated heterocycles. The second kappa shape index (κ2) is 24.6. The second-order valence-corrected chi connectivity index (χ2v) is 29.5. The van der Waals surface area contributed by atoms with Gasteiger partial charge in [-0.25, -0.2) is 14.6 Å². The van der Waals surface area contributed by atoms with Crippen LogP contribution >= 0.6 is 11.8 Å². The molecule has 6 rings (SSSR count). The minimum absolute atomic E-state index is 0.0108. The van der Waals surface area contributed by atoms with Crippen molar-refractivity contribution in [2.45, 2.75) is 174 Å². The quantitative estimate of drug-likeness (QED) is 0.0903. The maximum absolute atomic E-state index is 15.7. The van der Waals surface area contributed by atoms with Gasteiger partial charge in [-0.2, -0.15) is 0 Å². The smallest absolute Gasteiger partial charge is 0.342 e. The van der Waals surface area contributed by atoms with Crippen LogP contribution in [0.1, 0.15) is 178 Å². The first kappa shape index (κ1) is 63.2. The molecular weight excluding hydrogens is 1030 g/mol. The second-order valence-electron chi connectivity index (χ2n) is 28.2. The number of carbonyl (C=O) groups excluding carboxylic acids is 4. The molecule has 15 heteroatoms. The number of aromatic nitrogens is 1. The van der Waals surface area contributed by atoms with Crippen LogP contribution in [-0.4, -0.2) is 79.9 Å². The molecule has 80 heavy (non-hydrogen) atoms. The van der Waals surface area contributed by atoms with E-state index in [0.29, 0.717) is 39.8 Å². The minimum atomic E-state index is -1.31. The highest BCUT2D eigenvalue weighted by Gasteiger charge is 2.51. The van der Waals surface area contributed by atoms with Gasteiger partial charge in [-0.05, 0) is 76.4 Å². The molecule has 0 radical (unpaired) electrons. The van der Waals surface area contributed by atoms with Crippen molar-refractivity contribution in [1.29, 1.82) is 0 Å². The summed E-state index contributed by atoms with van der Waals surface area (Å²) in [6, 6.07) is 18.5. The van der Waals surface area contributed by atoms with Gasteiger partial charge in [0, 0.05) is 52.4 Å². The van der Waals surface area contributed by atoms with Crippen molar-refractivity contribution in [3.05, 3.63) is 88.8 Å². The van der Waals surface area contributed by atoms with Crippen molar-refractivity contribution >= 4 is 70.8 Å². The summed E-state index contributed by atoms with van der Waals surface area (Å²) in [4.78, 5) is 91.7. The standard InChI is InChI=1S/C65H90N4O10S/c1-36-30-40(61(3,4)5)53(41(31-36)62(6,7)8)78-58(75)51-49(38-24-20-18-21-25-38)44(66-55(51)68-47(70)28-29-80-46(57(73)74)35-48(71)72)34-45-50(39-26-22-19-23-27-39)52(56(67-45)69-60(77)65(15,16)17)59(76)79-54-42(63(9,10)11)32-37(2)33-43(54)64(12,13)14/h18-27,34,36-37,40-43,46,53-54,66H,28-33,35H2,1-17H3,(H,68,70)(H,71,72)(H,73,74)(H,67,69,77). The van der Waals surface area contributed by atoms with Crippen molar-refractivity contribution in [2.24, 2.45) is 67.6 Å². The van der Waals surface area contributed by atoms with E-state index in [9.17, 15) is 29.4 Å². The summed E-state index contributed by atoms with van der Waals surface area (Å²) in [6.45, 7) is 36.0. The van der Waals surface area contributed by atoms with Crippen molar-refractivity contribution < 1.29 is 48.5 Å². The molecule has 1 aromatic heterocycles. The molecule has 2 aromatic carbocycles. The lowest BCUT2D eigenvalue weighted by atomic mass is 9.59. The zero-order valence-corrected chi connectivity index (χ0v) is 51.3. The molecule has 5 N–H and O–H groups in total. The Kier molecular flexibility index (Phi) is 19.5. The molecule has 3 aromatic rings. The number of benzene rings is 2. The van der Waals surface area contributed by atoms with Gasteiger partial charge in [0.2, 0.25) is 11.8 Å². The molecule has 0 spiro atoms. The highest BCUT2D eigenvalue weighted by Crippen LogP contribution is 2.52. The number of anilines is 1. The highest BCUT2D eigenvalue weighted by molar-refractivity contribution is 8.00. The molecule has 14 nitrogen and oxygen atoms in total. The summed E-state index contributed by atoms with van der Waals surface area (Å²) < 4.78 is 13.8. The first-order chi connectivity index (χ1) is 37.0. The van der Waals surface area contributed by atoms with Crippen molar-refractivity contribution in [3.63, 3.8) is 0 Å². The van der Waals surface area contributed by atoms with Crippen molar-refractivity contribution in [1.82, 2.24) is 10.3 Å². The maximum atomic E-state index is 15.7. The summed E-state index contributed by atoms with van der Waals surface area (Å²) in [5.41, 5.74) is 0.823. The number of rotatable bonds is 15. The zero-order valence-electron chi connectivity index (χ0n) is 50.5. The lowest BCUT2D eigenvalue weighted by Crippen LogP contribution is -2.50. The van der Waals surface area contributed by atoms with Crippen LogP contribution in [0.4, 0.5) is 5.82 Å². The van der Waals surface area contributed by atoms with Crippen molar-refractivity contribution in [2.75, 3.05) is 11.1 Å². The fraction of sp³-hybridized carbons (Fsp3) is 0.585. The Bertz CT molecular complexity index is 2820. The van der Waals surface area contributed by atoms with E-state index in [4.69, 9.17) is 14.5 Å². The predicted octanol–water partition coefficient (Wildman–Crippen LogP) is 14.0. The van der Waals surface area contributed by atoms with Gasteiger partial charge < -0.3 is 35.3 Å². The molecule has 5 atom stereocenters. The fourth-order valence-electron chi connectivity index (χ4n) is 12.0. The van der Waals surface area contributed by atoms with E-state index < -0.39 is 59.1 Å². The van der Waals surface area contributed by atoms with E-state index in [2.05, 4.69) is 113 Å². The van der Waals surface area contributed by atoms with Crippen LogP contribution in [0.5, 0.6) is 0 Å². The van der Waals surface area contributed by atoms with E-state index in [1.165, 1.54) is 0 Å². The van der Waals surface area contributed by atoms with E-state index in [1.807, 2.05) is 60.7 Å². The number of ether oxygens (including phenoxy) is 2. The molecular formula is C65H90N4O10S. The Morgan fingerprint density at radius 1 is 0.662 bits per heavy atom. The maximum Gasteiger partial charge on any atom is 0.342 e. The van der Waals surface area contributed by atoms with Crippen LogP contribution in [0.2, 0.25) is 0 Å². The Morgan fingerprint density at radius 2 is 1.11 bits per heavy atom. The monoisotopic (exact) mass is 1120 g/mol. The Balaban J connectivity index is 1.62. The summed E-state index contributed by atoms with van der Waals surface area (Å²) in [7, 11) is 0. The topological polar surface area (TPSA) is 214 Å². The number of aliphatic carboxylic acids is 2. The van der Waals surface area contributed by atoms with Crippen molar-refractivity contribution in [3.8, 4) is 11.1 Å². The number of thioether (sulfide) groups is 1. The van der Waals surface area contributed by atoms with Crippen LogP contribution in [0.15, 0.2) is 76.9 Å². The SMILES string of the molecule is CC1CC(C(C)(C)C)C(OC(=O)C2=C(c3ccccc3)C(=Cc3[nH]c(NC(=O)CCSC(CC(=O)O)C(=O)O)c(C(=O)OC4C(C(C)(C)C)CC(C)CC4C(C)(C)C)c3-c3ccccc3)N=C2NC(=O)C(C)(C)C)C(C(C)(C)C)C1. The van der Waals surface area contributed by atoms with Gasteiger partial charge in [-0.1, -0.05) is 178 Å². The van der Waals surface area contributed by atoms with Gasteiger partial charge >= 0.3 is 23.9 Å². The largest absolute Gasteiger partial charge is 0.481 e. The normalized spacial score (nSPS) is 24.0. The number of nitrogens with one attached hydrogen (secondary N) is 3. The van der Waals surface area contributed by atoms with Gasteiger partial charge in [0.15, 0.2) is 0 Å². The number of amidine groups is 1. The van der Waals surface area contributed by atoms with Gasteiger partial charge in [0.05, 0.1) is 17.8 Å². The predicted molar refractivity (Wildman–Crippen MR) is 320 cm³/mol. The molecule has 2 saturated carbocycles. The minimum Gasteiger partial charge on any atom is -0.481 e. The third kappa shape index (κ3) is 15.3. The van der Waals surface area contributed by atoms with Crippen LogP contribution in [0.3, 0.4) is 0 Å². The number of hydrogen-bond donors (Lipinski definition) is 5. The third-order valence-electron chi connectivity index (χ3n) is 16.4. The van der Waals surface area contributed by atoms with Crippen LogP contribution in [-0.2, 0) is 33.4 Å². The zero-order chi connectivity index (χ0) is 59.6. The number of allylic oxidation sites excluding steroid dienone is 1. The summed E-state index contributed by atoms with van der Waals surface area (Å²) in [5.74, 6) is -4.10. The number of carbonyl (C=O) groups is 6. The molecule has 2 aliphatic carbocycles. The van der Waals surface area contributed by atoms with Gasteiger partial charge in [-0.15, -0.1) is 11.8 Å². The summed E-state index contributed by atoms with van der Waals surface area (Å²) in [5, 5.41) is 23.8. The lowest BCUT2D eigenvalue weighted by molar-refractivity contribution is -0.164. The Labute approximate surface area is 479 Å². The molecule has 1 aliphatic heterocycles. The van der Waals surface area contributed by atoms with Crippen LogP contribution < -0.4 is 10.6 Å². The number of aliphatic imine (C=N–C) groups is 1. The van der Waals surface area contributed by atoms with E-state index >= 15 is 9.59 Å².